The summed E-state index contributed by atoms with van der Waals surface area (Å²) in [5, 5.41) is 3.58. The third kappa shape index (κ3) is 3.17. The van der Waals surface area contributed by atoms with E-state index in [1.807, 2.05) is 24.3 Å². The molecule has 0 radical (unpaired) electrons. The minimum Gasteiger partial charge on any atom is -0.482 e. The summed E-state index contributed by atoms with van der Waals surface area (Å²) in [6, 6.07) is 11.3. The number of nitrogens with one attached hydrogen (secondary N) is 1. The van der Waals surface area contributed by atoms with Gasteiger partial charge in [-0.1, -0.05) is 28.1 Å². The number of hydrogen-bond acceptors (Lipinski definition) is 5. The van der Waals surface area contributed by atoms with Crippen molar-refractivity contribution in [2.45, 2.75) is 6.54 Å². The Hall–Kier alpha value is -2.45. The highest BCUT2D eigenvalue weighted by Crippen LogP contribution is 2.35. The van der Waals surface area contributed by atoms with Crippen LogP contribution >= 0.6 is 27.3 Å². The van der Waals surface area contributed by atoms with Crippen LogP contribution in [0.3, 0.4) is 0 Å². The number of carbonyl (C=O) groups excluding carboxylic acids is 2. The van der Waals surface area contributed by atoms with Crippen LogP contribution in [0.2, 0.25) is 0 Å². The Balaban J connectivity index is 1.62. The van der Waals surface area contributed by atoms with Crippen molar-refractivity contribution in [3.63, 3.8) is 0 Å². The van der Waals surface area contributed by atoms with E-state index in [0.29, 0.717) is 28.0 Å². The van der Waals surface area contributed by atoms with Crippen molar-refractivity contribution < 1.29 is 14.3 Å². The maximum Gasteiger partial charge on any atom is 0.262 e. The molecule has 132 valence electrons. The van der Waals surface area contributed by atoms with Crippen LogP contribution in [0.25, 0.3) is 10.2 Å². The Kier molecular flexibility index (Phi) is 4.37. The van der Waals surface area contributed by atoms with Gasteiger partial charge in [-0.2, -0.15) is 0 Å². The van der Waals surface area contributed by atoms with Crippen LogP contribution in [0.4, 0.5) is 5.69 Å². The quantitative estimate of drug-likeness (QED) is 0.686. The molecule has 4 rings (SSSR count). The van der Waals surface area contributed by atoms with Gasteiger partial charge in [0.2, 0.25) is 0 Å². The Morgan fingerprint density at radius 3 is 3.00 bits per heavy atom. The van der Waals surface area contributed by atoms with E-state index in [1.54, 1.807) is 35.4 Å². The van der Waals surface area contributed by atoms with Crippen molar-refractivity contribution in [3.05, 3.63) is 51.4 Å². The molecule has 1 aliphatic heterocycles. The first-order chi connectivity index (χ1) is 12.5. The standard InChI is InChI=1S/C18H14BrN3O3S/c1-22(8-16-20-12-4-2-3-5-14(12)26-16)18(24)11-6-10(19)7-13-17(11)21-15(23)9-25-13/h2-7H,8-9H2,1H3,(H,21,23). The summed E-state index contributed by atoms with van der Waals surface area (Å²) in [5.41, 5.74) is 1.71. The number of nitrogens with zero attached hydrogens (tertiary/aromatic N) is 2. The van der Waals surface area contributed by atoms with Gasteiger partial charge in [-0.25, -0.2) is 4.98 Å². The second kappa shape index (κ2) is 6.69. The normalized spacial score (nSPS) is 13.1. The molecule has 0 unspecified atom stereocenters. The molecule has 1 N–H and O–H groups in total. The molecule has 0 bridgehead atoms. The van der Waals surface area contributed by atoms with Gasteiger partial charge in [0.15, 0.2) is 6.61 Å². The fourth-order valence-corrected chi connectivity index (χ4v) is 4.24. The van der Waals surface area contributed by atoms with Crippen molar-refractivity contribution >= 4 is 55.0 Å². The van der Waals surface area contributed by atoms with Gasteiger partial charge in [0.1, 0.15) is 10.8 Å². The van der Waals surface area contributed by atoms with Gasteiger partial charge in [0.05, 0.1) is 28.0 Å². The van der Waals surface area contributed by atoms with Gasteiger partial charge >= 0.3 is 0 Å². The highest BCUT2D eigenvalue weighted by Gasteiger charge is 2.25. The Labute approximate surface area is 161 Å². The minimum absolute atomic E-state index is 0.0569. The van der Waals surface area contributed by atoms with Crippen LogP contribution < -0.4 is 10.1 Å². The molecule has 2 amide bonds. The van der Waals surface area contributed by atoms with Gasteiger partial charge in [0, 0.05) is 11.5 Å². The zero-order valence-corrected chi connectivity index (χ0v) is 16.2. The van der Waals surface area contributed by atoms with Crippen LogP contribution in [0.5, 0.6) is 5.75 Å². The molecule has 1 aromatic heterocycles. The summed E-state index contributed by atoms with van der Waals surface area (Å²) in [6.07, 6.45) is 0. The monoisotopic (exact) mass is 431 g/mol. The highest BCUT2D eigenvalue weighted by atomic mass is 79.9. The van der Waals surface area contributed by atoms with Crippen molar-refractivity contribution in [2.24, 2.45) is 0 Å². The van der Waals surface area contributed by atoms with Crippen molar-refractivity contribution in [2.75, 3.05) is 19.0 Å². The van der Waals surface area contributed by atoms with Gasteiger partial charge in [-0.15, -0.1) is 11.3 Å². The summed E-state index contributed by atoms with van der Waals surface area (Å²) in [5.74, 6) is -0.00832. The molecule has 0 aliphatic carbocycles. The number of thiazole rings is 1. The molecule has 0 saturated carbocycles. The van der Waals surface area contributed by atoms with E-state index >= 15 is 0 Å². The Morgan fingerprint density at radius 2 is 2.19 bits per heavy atom. The van der Waals surface area contributed by atoms with Crippen molar-refractivity contribution in [1.29, 1.82) is 0 Å². The lowest BCUT2D eigenvalue weighted by Crippen LogP contribution is -2.31. The number of fused-ring (bicyclic) bond motifs is 2. The molecule has 0 spiro atoms. The number of benzene rings is 2. The zero-order chi connectivity index (χ0) is 18.3. The van der Waals surface area contributed by atoms with Gasteiger partial charge in [-0.3, -0.25) is 9.59 Å². The number of rotatable bonds is 3. The third-order valence-corrected chi connectivity index (χ3v) is 5.46. The molecule has 26 heavy (non-hydrogen) atoms. The summed E-state index contributed by atoms with van der Waals surface area (Å²) >= 11 is 4.95. The molecule has 6 nitrogen and oxygen atoms in total. The lowest BCUT2D eigenvalue weighted by atomic mass is 10.1. The molecular weight excluding hydrogens is 418 g/mol. The summed E-state index contributed by atoms with van der Waals surface area (Å²) in [4.78, 5) is 30.8. The van der Waals surface area contributed by atoms with Crippen LogP contribution in [0, 0.1) is 0 Å². The third-order valence-electron chi connectivity index (χ3n) is 3.98. The zero-order valence-electron chi connectivity index (χ0n) is 13.8. The average Bonchev–Trinajstić information content (AvgIpc) is 3.03. The second-order valence-electron chi connectivity index (χ2n) is 5.90. The van der Waals surface area contributed by atoms with Crippen LogP contribution in [-0.4, -0.2) is 35.4 Å². The van der Waals surface area contributed by atoms with Gasteiger partial charge < -0.3 is 15.0 Å². The van der Waals surface area contributed by atoms with E-state index in [4.69, 9.17) is 4.74 Å². The minimum atomic E-state index is -0.275. The maximum absolute atomic E-state index is 13.0. The summed E-state index contributed by atoms with van der Waals surface area (Å²) in [6.45, 7) is 0.326. The SMILES string of the molecule is CN(Cc1nc2ccccc2s1)C(=O)c1cc(Br)cc2c1NC(=O)CO2. The number of amides is 2. The molecule has 1 aliphatic rings. The number of para-hydroxylation sites is 1. The molecule has 2 heterocycles. The number of halogens is 1. The molecule has 0 saturated heterocycles. The Bertz CT molecular complexity index is 1000. The van der Waals surface area contributed by atoms with E-state index in [1.165, 1.54) is 0 Å². The van der Waals surface area contributed by atoms with Crippen LogP contribution in [-0.2, 0) is 11.3 Å². The Morgan fingerprint density at radius 1 is 1.38 bits per heavy atom. The first kappa shape index (κ1) is 17.0. The van der Waals surface area contributed by atoms with E-state index in [-0.39, 0.29) is 18.4 Å². The second-order valence-corrected chi connectivity index (χ2v) is 7.93. The fraction of sp³-hybridized carbons (Fsp3) is 0.167. The lowest BCUT2D eigenvalue weighted by molar-refractivity contribution is -0.118. The number of ether oxygens (including phenoxy) is 1. The van der Waals surface area contributed by atoms with Crippen LogP contribution in [0.15, 0.2) is 40.9 Å². The van der Waals surface area contributed by atoms with E-state index in [0.717, 1.165) is 15.2 Å². The van der Waals surface area contributed by atoms with Gasteiger partial charge in [0.25, 0.3) is 11.8 Å². The maximum atomic E-state index is 13.0. The highest BCUT2D eigenvalue weighted by molar-refractivity contribution is 9.10. The first-order valence-corrected chi connectivity index (χ1v) is 9.48. The van der Waals surface area contributed by atoms with E-state index in [2.05, 4.69) is 26.2 Å². The average molecular weight is 432 g/mol. The topological polar surface area (TPSA) is 71.5 Å². The number of carbonyl (C=O) groups is 2. The number of aromatic nitrogens is 1. The molecule has 0 fully saturated rings. The molecule has 2 aromatic carbocycles. The molecule has 3 aromatic rings. The largest absolute Gasteiger partial charge is 0.482 e. The van der Waals surface area contributed by atoms with Crippen LogP contribution in [0.1, 0.15) is 15.4 Å². The number of hydrogen-bond donors (Lipinski definition) is 1. The summed E-state index contributed by atoms with van der Waals surface area (Å²) < 4.78 is 7.22. The fourth-order valence-electron chi connectivity index (χ4n) is 2.78. The van der Waals surface area contributed by atoms with Crippen molar-refractivity contribution in [1.82, 2.24) is 9.88 Å². The number of anilines is 1. The lowest BCUT2D eigenvalue weighted by Gasteiger charge is -2.23. The predicted octanol–water partition coefficient (Wildman–Crippen LogP) is 3.66. The van der Waals surface area contributed by atoms with Crippen molar-refractivity contribution in [3.8, 4) is 5.75 Å². The smallest absolute Gasteiger partial charge is 0.262 e. The first-order valence-electron chi connectivity index (χ1n) is 7.87. The predicted molar refractivity (Wildman–Crippen MR) is 104 cm³/mol. The molecular formula is C18H14BrN3O3S. The molecule has 0 atom stereocenters. The summed E-state index contributed by atoms with van der Waals surface area (Å²) in [7, 11) is 1.72. The molecule has 8 heteroatoms. The van der Waals surface area contributed by atoms with E-state index in [9.17, 15) is 9.59 Å². The van der Waals surface area contributed by atoms with E-state index < -0.39 is 0 Å². The van der Waals surface area contributed by atoms with Gasteiger partial charge in [-0.05, 0) is 24.3 Å².